The number of aromatic hydroxyl groups is 1. The molecule has 0 bridgehead atoms. The zero-order valence-corrected chi connectivity index (χ0v) is 6.57. The molecule has 0 unspecified atom stereocenters. The van der Waals surface area contributed by atoms with Gasteiger partial charge < -0.3 is 5.11 Å². The number of aliphatic imine (C=N–C) groups is 1. The van der Waals surface area contributed by atoms with E-state index in [2.05, 4.69) is 4.99 Å². The summed E-state index contributed by atoms with van der Waals surface area (Å²) in [5.74, 6) is 0.246. The zero-order valence-electron chi connectivity index (χ0n) is 6.57. The number of benzene rings is 1. The van der Waals surface area contributed by atoms with Gasteiger partial charge in [0.15, 0.2) is 0 Å². The first-order chi connectivity index (χ1) is 5.88. The van der Waals surface area contributed by atoms with Gasteiger partial charge in [-0.05, 0) is 6.07 Å². The van der Waals surface area contributed by atoms with Crippen LogP contribution < -0.4 is 0 Å². The van der Waals surface area contributed by atoms with Crippen molar-refractivity contribution in [2.24, 2.45) is 4.99 Å². The largest absolute Gasteiger partial charge is 0.506 e. The maximum atomic E-state index is 9.43. The molecule has 12 heavy (non-hydrogen) atoms. The Balaban J connectivity index is 2.65. The number of hydrogen-bond donors (Lipinski definition) is 1. The molecule has 2 rings (SSSR count). The number of hydrogen-bond acceptors (Lipinski definition) is 2. The van der Waals surface area contributed by atoms with E-state index in [4.69, 9.17) is 0 Å². The smallest absolute Gasteiger partial charge is 0.141 e. The van der Waals surface area contributed by atoms with Crippen LogP contribution in [0.4, 0.5) is 5.69 Å². The van der Waals surface area contributed by atoms with Gasteiger partial charge in [-0.25, -0.2) is 0 Å². The molecule has 0 amide bonds. The fourth-order valence-corrected chi connectivity index (χ4v) is 1.22. The van der Waals surface area contributed by atoms with E-state index in [0.717, 1.165) is 12.0 Å². The summed E-state index contributed by atoms with van der Waals surface area (Å²) >= 11 is 0. The molecule has 2 heteroatoms. The summed E-state index contributed by atoms with van der Waals surface area (Å²) in [5.41, 5.74) is 1.65. The van der Waals surface area contributed by atoms with Crippen LogP contribution in [0.2, 0.25) is 0 Å². The molecule has 0 aromatic heterocycles. The Hall–Kier alpha value is -1.57. The minimum atomic E-state index is 0.246. The first-order valence-corrected chi connectivity index (χ1v) is 3.89. The van der Waals surface area contributed by atoms with Crippen LogP contribution in [0.15, 0.2) is 29.3 Å². The van der Waals surface area contributed by atoms with Gasteiger partial charge in [0.05, 0.1) is 0 Å². The van der Waals surface area contributed by atoms with Gasteiger partial charge in [0.2, 0.25) is 0 Å². The van der Waals surface area contributed by atoms with Crippen LogP contribution in [0.3, 0.4) is 0 Å². The second kappa shape index (κ2) is 2.81. The molecular weight excluding hydrogens is 150 g/mol. The molecule has 1 aromatic carbocycles. The Morgan fingerprint density at radius 2 is 2.25 bits per heavy atom. The van der Waals surface area contributed by atoms with Crippen LogP contribution in [-0.2, 0) is 0 Å². The summed E-state index contributed by atoms with van der Waals surface area (Å²) in [6.07, 6.45) is 6.62. The van der Waals surface area contributed by atoms with Crippen molar-refractivity contribution in [3.63, 3.8) is 0 Å². The van der Waals surface area contributed by atoms with Crippen molar-refractivity contribution < 1.29 is 5.11 Å². The second-order valence-electron chi connectivity index (χ2n) is 2.66. The lowest BCUT2D eigenvalue weighted by Gasteiger charge is -2.00. The average molecular weight is 159 g/mol. The van der Waals surface area contributed by atoms with E-state index >= 15 is 0 Å². The minimum absolute atomic E-state index is 0.246. The highest BCUT2D eigenvalue weighted by atomic mass is 16.3. The van der Waals surface area contributed by atoms with Crippen LogP contribution in [-0.4, -0.2) is 11.3 Å². The fourth-order valence-electron chi connectivity index (χ4n) is 1.22. The lowest BCUT2D eigenvalue weighted by molar-refractivity contribution is 0.477. The summed E-state index contributed by atoms with van der Waals surface area (Å²) in [7, 11) is 0. The third kappa shape index (κ3) is 1.11. The minimum Gasteiger partial charge on any atom is -0.506 e. The number of phenolic OH excluding ortho intramolecular Hbond substituents is 1. The molecule has 0 saturated heterocycles. The van der Waals surface area contributed by atoms with Gasteiger partial charge in [-0.1, -0.05) is 24.3 Å². The number of phenols is 1. The monoisotopic (exact) mass is 159 g/mol. The van der Waals surface area contributed by atoms with Crippen molar-refractivity contribution in [1.29, 1.82) is 0 Å². The summed E-state index contributed by atoms with van der Waals surface area (Å²) in [6, 6.07) is 5.41. The van der Waals surface area contributed by atoms with E-state index < -0.39 is 0 Å². The zero-order chi connectivity index (χ0) is 8.39. The van der Waals surface area contributed by atoms with Crippen molar-refractivity contribution in [2.45, 2.75) is 6.42 Å². The van der Waals surface area contributed by atoms with Crippen LogP contribution in [0.5, 0.6) is 5.75 Å². The van der Waals surface area contributed by atoms with E-state index in [1.807, 2.05) is 24.3 Å². The van der Waals surface area contributed by atoms with Crippen molar-refractivity contribution >= 4 is 18.0 Å². The van der Waals surface area contributed by atoms with Gasteiger partial charge in [0.1, 0.15) is 11.4 Å². The second-order valence-corrected chi connectivity index (χ2v) is 2.66. The molecule has 1 aliphatic rings. The standard InChI is InChI=1S/C10H9NO/c12-9-6-3-5-8-4-1-2-7-11-10(8)9/h1,3-7,12H,2H2. The molecule has 0 atom stereocenters. The Labute approximate surface area is 70.9 Å². The van der Waals surface area contributed by atoms with Crippen molar-refractivity contribution in [2.75, 3.05) is 0 Å². The van der Waals surface area contributed by atoms with Crippen LogP contribution in [0.25, 0.3) is 6.08 Å². The Morgan fingerprint density at radius 3 is 3.17 bits per heavy atom. The SMILES string of the molecule is Oc1cccc2c1N=CCC=C2. The van der Waals surface area contributed by atoms with Crippen LogP contribution >= 0.6 is 0 Å². The van der Waals surface area contributed by atoms with Gasteiger partial charge in [-0.2, -0.15) is 0 Å². The number of para-hydroxylation sites is 1. The summed E-state index contributed by atoms with van der Waals surface area (Å²) in [4.78, 5) is 4.15. The first-order valence-electron chi connectivity index (χ1n) is 3.89. The third-order valence-corrected chi connectivity index (χ3v) is 1.81. The number of rotatable bonds is 0. The molecule has 0 spiro atoms. The number of fused-ring (bicyclic) bond motifs is 1. The van der Waals surface area contributed by atoms with Crippen LogP contribution in [0.1, 0.15) is 12.0 Å². The average Bonchev–Trinajstić information content (AvgIpc) is 2.30. The summed E-state index contributed by atoms with van der Waals surface area (Å²) < 4.78 is 0. The first kappa shape index (κ1) is 7.10. The van der Waals surface area contributed by atoms with Gasteiger partial charge >= 0.3 is 0 Å². The van der Waals surface area contributed by atoms with E-state index in [9.17, 15) is 5.11 Å². The fraction of sp³-hybridized carbons (Fsp3) is 0.100. The summed E-state index contributed by atoms with van der Waals surface area (Å²) in [6.45, 7) is 0. The molecule has 0 aliphatic carbocycles. The third-order valence-electron chi connectivity index (χ3n) is 1.81. The van der Waals surface area contributed by atoms with Gasteiger partial charge in [0, 0.05) is 18.2 Å². The number of nitrogens with zero attached hydrogens (tertiary/aromatic N) is 1. The van der Waals surface area contributed by atoms with Crippen molar-refractivity contribution in [3.05, 3.63) is 29.8 Å². The molecule has 0 radical (unpaired) electrons. The Morgan fingerprint density at radius 1 is 1.33 bits per heavy atom. The molecule has 1 aromatic rings. The van der Waals surface area contributed by atoms with E-state index in [1.54, 1.807) is 12.3 Å². The molecule has 1 aliphatic heterocycles. The van der Waals surface area contributed by atoms with Gasteiger partial charge in [-0.3, -0.25) is 4.99 Å². The molecule has 60 valence electrons. The molecule has 0 fully saturated rings. The Kier molecular flexibility index (Phi) is 1.67. The van der Waals surface area contributed by atoms with Gasteiger partial charge in [-0.15, -0.1) is 0 Å². The lowest BCUT2D eigenvalue weighted by atomic mass is 10.1. The molecule has 2 nitrogen and oxygen atoms in total. The molecule has 1 N–H and O–H groups in total. The van der Waals surface area contributed by atoms with Crippen molar-refractivity contribution in [1.82, 2.24) is 0 Å². The quantitative estimate of drug-likeness (QED) is 0.619. The van der Waals surface area contributed by atoms with E-state index in [0.29, 0.717) is 5.69 Å². The highest BCUT2D eigenvalue weighted by Crippen LogP contribution is 2.31. The van der Waals surface area contributed by atoms with Crippen LogP contribution in [0, 0.1) is 0 Å². The lowest BCUT2D eigenvalue weighted by Crippen LogP contribution is -1.73. The maximum Gasteiger partial charge on any atom is 0.141 e. The predicted molar refractivity (Wildman–Crippen MR) is 49.9 cm³/mol. The highest BCUT2D eigenvalue weighted by molar-refractivity contribution is 5.78. The Bertz CT molecular complexity index is 353. The molecule has 1 heterocycles. The number of allylic oxidation sites excluding steroid dienone is 1. The maximum absolute atomic E-state index is 9.43. The topological polar surface area (TPSA) is 32.6 Å². The van der Waals surface area contributed by atoms with E-state index in [-0.39, 0.29) is 5.75 Å². The van der Waals surface area contributed by atoms with Crippen molar-refractivity contribution in [3.8, 4) is 5.75 Å². The summed E-state index contributed by atoms with van der Waals surface area (Å²) in [5, 5.41) is 9.43. The normalized spacial score (nSPS) is 14.0. The van der Waals surface area contributed by atoms with E-state index in [1.165, 1.54) is 0 Å². The van der Waals surface area contributed by atoms with Gasteiger partial charge in [0.25, 0.3) is 0 Å². The highest BCUT2D eigenvalue weighted by Gasteiger charge is 2.03. The molecular formula is C10H9NO. The molecule has 0 saturated carbocycles. The predicted octanol–water partition coefficient (Wildman–Crippen LogP) is 2.51.